The van der Waals surface area contributed by atoms with Crippen molar-refractivity contribution in [1.82, 2.24) is 5.32 Å². The first kappa shape index (κ1) is 21.5. The van der Waals surface area contributed by atoms with E-state index >= 15 is 0 Å². The number of hydrogen-bond donors (Lipinski definition) is 1. The van der Waals surface area contributed by atoms with Crippen molar-refractivity contribution in [2.45, 2.75) is 19.6 Å². The zero-order valence-electron chi connectivity index (χ0n) is 17.1. The zero-order chi connectivity index (χ0) is 21.6. The summed E-state index contributed by atoms with van der Waals surface area (Å²) in [7, 11) is 1.62. The van der Waals surface area contributed by atoms with Crippen molar-refractivity contribution in [1.29, 1.82) is 0 Å². The molecule has 4 rings (SSSR count). The van der Waals surface area contributed by atoms with E-state index in [1.165, 1.54) is 6.07 Å². The lowest BCUT2D eigenvalue weighted by Crippen LogP contribution is -2.17. The normalized spacial score (nSPS) is 12.1. The van der Waals surface area contributed by atoms with E-state index in [9.17, 15) is 4.39 Å². The quantitative estimate of drug-likeness (QED) is 0.418. The summed E-state index contributed by atoms with van der Waals surface area (Å²) in [4.78, 5) is 0. The van der Waals surface area contributed by atoms with Crippen LogP contribution in [0.3, 0.4) is 0 Å². The van der Waals surface area contributed by atoms with Crippen molar-refractivity contribution in [3.05, 3.63) is 81.6 Å². The second kappa shape index (κ2) is 10.0. The van der Waals surface area contributed by atoms with E-state index in [0.29, 0.717) is 43.2 Å². The minimum absolute atomic E-state index is 0.169. The molecule has 7 heteroatoms. The minimum atomic E-state index is -0.169. The molecule has 1 aliphatic rings. The van der Waals surface area contributed by atoms with Gasteiger partial charge in [-0.25, -0.2) is 4.39 Å². The Hall–Kier alpha value is -2.77. The molecule has 0 saturated carbocycles. The maximum absolute atomic E-state index is 13.7. The van der Waals surface area contributed by atoms with Gasteiger partial charge in [-0.3, -0.25) is 0 Å². The summed E-state index contributed by atoms with van der Waals surface area (Å²) in [6.45, 7) is 1.91. The van der Waals surface area contributed by atoms with E-state index in [1.807, 2.05) is 42.5 Å². The number of hydrogen-bond acceptors (Lipinski definition) is 5. The van der Waals surface area contributed by atoms with E-state index in [4.69, 9.17) is 18.9 Å². The van der Waals surface area contributed by atoms with Gasteiger partial charge in [0.1, 0.15) is 12.4 Å². The first-order valence-electron chi connectivity index (χ1n) is 9.96. The lowest BCUT2D eigenvalue weighted by Gasteiger charge is -2.15. The largest absolute Gasteiger partial charge is 0.493 e. The Labute approximate surface area is 189 Å². The second-order valence-corrected chi connectivity index (χ2v) is 7.96. The average molecular weight is 488 g/mol. The van der Waals surface area contributed by atoms with Crippen LogP contribution in [0.4, 0.5) is 4.39 Å². The van der Waals surface area contributed by atoms with Crippen LogP contribution in [0.25, 0.3) is 0 Å². The molecule has 0 saturated heterocycles. The van der Waals surface area contributed by atoms with E-state index in [-0.39, 0.29) is 12.6 Å². The molecule has 0 aliphatic carbocycles. The molecule has 0 amide bonds. The van der Waals surface area contributed by atoms with Crippen molar-refractivity contribution >= 4 is 15.9 Å². The molecule has 162 valence electrons. The van der Waals surface area contributed by atoms with Crippen LogP contribution in [0.1, 0.15) is 16.7 Å². The van der Waals surface area contributed by atoms with Crippen molar-refractivity contribution in [2.24, 2.45) is 0 Å². The lowest BCUT2D eigenvalue weighted by molar-refractivity contribution is 0.174. The maximum Gasteiger partial charge on any atom is 0.231 e. The summed E-state index contributed by atoms with van der Waals surface area (Å²) in [5, 5.41) is 3.35. The van der Waals surface area contributed by atoms with Gasteiger partial charge in [0.05, 0.1) is 11.6 Å². The van der Waals surface area contributed by atoms with Crippen LogP contribution < -0.4 is 24.3 Å². The zero-order valence-corrected chi connectivity index (χ0v) is 18.7. The molecule has 1 aliphatic heterocycles. The molecule has 1 N–H and O–H groups in total. The molecule has 0 radical (unpaired) electrons. The fraction of sp³-hybridized carbons (Fsp3) is 0.250. The van der Waals surface area contributed by atoms with Gasteiger partial charge in [0, 0.05) is 6.54 Å². The van der Waals surface area contributed by atoms with Gasteiger partial charge in [-0.1, -0.05) is 24.3 Å². The lowest BCUT2D eigenvalue weighted by atomic mass is 10.1. The Morgan fingerprint density at radius 3 is 2.71 bits per heavy atom. The molecule has 0 spiro atoms. The molecule has 1 heterocycles. The smallest absolute Gasteiger partial charge is 0.231 e. The highest BCUT2D eigenvalue weighted by molar-refractivity contribution is 9.10. The molecule has 0 fully saturated rings. The third-order valence-electron chi connectivity index (χ3n) is 4.97. The molecular formula is C24H23BrFNO4. The molecule has 0 unspecified atom stereocenters. The highest BCUT2D eigenvalue weighted by atomic mass is 79.9. The fourth-order valence-corrected chi connectivity index (χ4v) is 3.96. The van der Waals surface area contributed by atoms with Gasteiger partial charge in [0.2, 0.25) is 6.79 Å². The number of ether oxygens (including phenoxy) is 4. The summed E-state index contributed by atoms with van der Waals surface area (Å²) in [5.41, 5.74) is 2.71. The van der Waals surface area contributed by atoms with Crippen LogP contribution in [0, 0.1) is 5.82 Å². The van der Waals surface area contributed by atoms with Gasteiger partial charge in [0.25, 0.3) is 0 Å². The third-order valence-corrected chi connectivity index (χ3v) is 5.56. The number of benzene rings is 3. The highest BCUT2D eigenvalue weighted by Crippen LogP contribution is 2.38. The summed E-state index contributed by atoms with van der Waals surface area (Å²) in [6, 6.07) is 16.5. The van der Waals surface area contributed by atoms with Gasteiger partial charge in [-0.2, -0.15) is 0 Å². The van der Waals surface area contributed by atoms with Crippen molar-refractivity contribution in [3.63, 3.8) is 0 Å². The maximum atomic E-state index is 13.7. The standard InChI is InChI=1S/C24H23BrFNO4/c1-28-23-12-17(13-27-9-8-18-4-2-3-5-20(18)26)10-19(25)24(23)29-14-16-6-7-21-22(11-16)31-15-30-21/h2-7,10-12,27H,8-9,13-15H2,1H3. The Morgan fingerprint density at radius 2 is 1.87 bits per heavy atom. The van der Waals surface area contributed by atoms with Crippen LogP contribution in [-0.2, 0) is 19.6 Å². The number of fused-ring (bicyclic) bond motifs is 1. The Kier molecular flexibility index (Phi) is 6.94. The summed E-state index contributed by atoms with van der Waals surface area (Å²) < 4.78 is 36.9. The number of rotatable bonds is 9. The Balaban J connectivity index is 1.35. The van der Waals surface area contributed by atoms with E-state index in [0.717, 1.165) is 27.1 Å². The molecule has 0 aromatic heterocycles. The second-order valence-electron chi connectivity index (χ2n) is 7.10. The molecular weight excluding hydrogens is 465 g/mol. The SMILES string of the molecule is COc1cc(CNCCc2ccccc2F)cc(Br)c1OCc1ccc2c(c1)OCO2. The Morgan fingerprint density at radius 1 is 1.03 bits per heavy atom. The predicted octanol–water partition coefficient (Wildman–Crippen LogP) is 5.24. The van der Waals surface area contributed by atoms with Gasteiger partial charge < -0.3 is 24.3 Å². The molecule has 0 atom stereocenters. The topological polar surface area (TPSA) is 49.0 Å². The number of halogens is 2. The van der Waals surface area contributed by atoms with Crippen LogP contribution >= 0.6 is 15.9 Å². The van der Waals surface area contributed by atoms with Crippen molar-refractivity contribution < 1.29 is 23.3 Å². The van der Waals surface area contributed by atoms with Crippen LogP contribution in [0.15, 0.2) is 59.1 Å². The van der Waals surface area contributed by atoms with Crippen molar-refractivity contribution in [2.75, 3.05) is 20.4 Å². The number of nitrogens with one attached hydrogen (secondary N) is 1. The summed E-state index contributed by atoms with van der Waals surface area (Å²) in [5.74, 6) is 2.58. The highest BCUT2D eigenvalue weighted by Gasteiger charge is 2.15. The van der Waals surface area contributed by atoms with Crippen molar-refractivity contribution in [3.8, 4) is 23.0 Å². The molecule has 31 heavy (non-hydrogen) atoms. The first-order valence-corrected chi connectivity index (χ1v) is 10.7. The van der Waals surface area contributed by atoms with E-state index in [2.05, 4.69) is 21.2 Å². The fourth-order valence-electron chi connectivity index (χ4n) is 3.36. The van der Waals surface area contributed by atoms with E-state index < -0.39 is 0 Å². The van der Waals surface area contributed by atoms with Crippen LogP contribution in [0.2, 0.25) is 0 Å². The summed E-state index contributed by atoms with van der Waals surface area (Å²) >= 11 is 3.59. The Bertz CT molecular complexity index is 1060. The summed E-state index contributed by atoms with van der Waals surface area (Å²) in [6.07, 6.45) is 0.627. The molecule has 0 bridgehead atoms. The van der Waals surface area contributed by atoms with Gasteiger partial charge in [-0.05, 0) is 75.9 Å². The third kappa shape index (κ3) is 5.29. The average Bonchev–Trinajstić information content (AvgIpc) is 3.24. The van der Waals surface area contributed by atoms with Gasteiger partial charge in [-0.15, -0.1) is 0 Å². The minimum Gasteiger partial charge on any atom is -0.493 e. The predicted molar refractivity (Wildman–Crippen MR) is 119 cm³/mol. The number of methoxy groups -OCH3 is 1. The van der Waals surface area contributed by atoms with Gasteiger partial charge in [0.15, 0.2) is 23.0 Å². The molecule has 5 nitrogen and oxygen atoms in total. The molecule has 3 aromatic carbocycles. The monoisotopic (exact) mass is 487 g/mol. The van der Waals surface area contributed by atoms with Crippen LogP contribution in [-0.4, -0.2) is 20.4 Å². The van der Waals surface area contributed by atoms with Gasteiger partial charge >= 0.3 is 0 Å². The first-order chi connectivity index (χ1) is 15.1. The van der Waals surface area contributed by atoms with E-state index in [1.54, 1.807) is 13.2 Å². The molecule has 3 aromatic rings. The van der Waals surface area contributed by atoms with Crippen LogP contribution in [0.5, 0.6) is 23.0 Å².